The van der Waals surface area contributed by atoms with Crippen molar-refractivity contribution in [1.82, 2.24) is 5.32 Å². The maximum absolute atomic E-state index is 9.57. The lowest BCUT2D eigenvalue weighted by Crippen LogP contribution is -2.43. The monoisotopic (exact) mass is 239 g/mol. The summed E-state index contributed by atoms with van der Waals surface area (Å²) in [5.74, 6) is 0.788. The highest BCUT2D eigenvalue weighted by atomic mass is 16.5. The fraction of sp³-hybridized carbons (Fsp3) is 0.857. The normalized spacial score (nSPS) is 28.2. The number of ether oxygens (including phenoxy) is 1. The Bertz CT molecular complexity index is 247. The van der Waals surface area contributed by atoms with Crippen molar-refractivity contribution < 1.29 is 9.84 Å². The predicted octanol–water partition coefficient (Wildman–Crippen LogP) is 1.72. The van der Waals surface area contributed by atoms with Crippen LogP contribution in [0.3, 0.4) is 0 Å². The molecule has 1 saturated heterocycles. The van der Waals surface area contributed by atoms with Gasteiger partial charge in [-0.3, -0.25) is 0 Å². The quantitative estimate of drug-likeness (QED) is 0.718. The smallest absolute Gasteiger partial charge is 0.0501 e. The Kier molecular flexibility index (Phi) is 5.01. The van der Waals surface area contributed by atoms with E-state index in [2.05, 4.69) is 17.5 Å². The minimum Gasteiger partial charge on any atom is -0.396 e. The lowest BCUT2D eigenvalue weighted by molar-refractivity contribution is -0.0156. The maximum Gasteiger partial charge on any atom is 0.0501 e. The number of hydrogen-bond acceptors (Lipinski definition) is 3. The second-order valence-electron chi connectivity index (χ2n) is 5.55. The van der Waals surface area contributed by atoms with Crippen LogP contribution in [0.15, 0.2) is 12.2 Å². The molecule has 0 saturated carbocycles. The fourth-order valence-corrected chi connectivity index (χ4v) is 2.78. The van der Waals surface area contributed by atoms with Crippen molar-refractivity contribution in [2.45, 2.75) is 32.1 Å². The van der Waals surface area contributed by atoms with E-state index in [4.69, 9.17) is 4.74 Å². The minimum atomic E-state index is 0.0722. The molecule has 98 valence electrons. The summed E-state index contributed by atoms with van der Waals surface area (Å²) in [6, 6.07) is 0. The van der Waals surface area contributed by atoms with Gasteiger partial charge in [0.25, 0.3) is 0 Å². The van der Waals surface area contributed by atoms with Gasteiger partial charge in [-0.15, -0.1) is 0 Å². The molecular formula is C14H25NO2. The zero-order valence-electron chi connectivity index (χ0n) is 10.7. The van der Waals surface area contributed by atoms with Crippen LogP contribution in [-0.2, 0) is 4.74 Å². The van der Waals surface area contributed by atoms with Gasteiger partial charge in [0.2, 0.25) is 0 Å². The van der Waals surface area contributed by atoms with Crippen LogP contribution >= 0.6 is 0 Å². The zero-order valence-corrected chi connectivity index (χ0v) is 10.7. The molecule has 1 aliphatic carbocycles. The van der Waals surface area contributed by atoms with Crippen molar-refractivity contribution in [2.75, 3.05) is 32.9 Å². The van der Waals surface area contributed by atoms with Crippen molar-refractivity contribution in [3.05, 3.63) is 12.2 Å². The van der Waals surface area contributed by atoms with Crippen molar-refractivity contribution in [2.24, 2.45) is 11.3 Å². The summed E-state index contributed by atoms with van der Waals surface area (Å²) in [4.78, 5) is 0. The van der Waals surface area contributed by atoms with Crippen LogP contribution in [0.4, 0.5) is 0 Å². The third-order valence-electron chi connectivity index (χ3n) is 4.20. The number of rotatable bonds is 5. The first kappa shape index (κ1) is 13.1. The van der Waals surface area contributed by atoms with Gasteiger partial charge in [-0.25, -0.2) is 0 Å². The zero-order chi connectivity index (χ0) is 12.0. The lowest BCUT2D eigenvalue weighted by atomic mass is 9.81. The molecular weight excluding hydrogens is 214 g/mol. The van der Waals surface area contributed by atoms with Crippen LogP contribution in [-0.4, -0.2) is 38.0 Å². The Labute approximate surface area is 104 Å². The number of hydrogen-bond donors (Lipinski definition) is 2. The highest BCUT2D eigenvalue weighted by molar-refractivity contribution is 4.91. The van der Waals surface area contributed by atoms with E-state index < -0.39 is 0 Å². The first-order valence-electron chi connectivity index (χ1n) is 6.89. The second kappa shape index (κ2) is 6.53. The largest absolute Gasteiger partial charge is 0.396 e. The summed E-state index contributed by atoms with van der Waals surface area (Å²) in [6.45, 7) is 3.91. The van der Waals surface area contributed by atoms with Gasteiger partial charge in [-0.2, -0.15) is 0 Å². The molecule has 1 atom stereocenters. The number of aliphatic hydroxyl groups excluding tert-OH is 1. The Hall–Kier alpha value is -0.380. The van der Waals surface area contributed by atoms with E-state index in [0.29, 0.717) is 0 Å². The minimum absolute atomic E-state index is 0.0722. The van der Waals surface area contributed by atoms with Crippen LogP contribution in [0.5, 0.6) is 0 Å². The summed E-state index contributed by atoms with van der Waals surface area (Å²) in [7, 11) is 0. The molecule has 1 aliphatic heterocycles. The summed E-state index contributed by atoms with van der Waals surface area (Å²) in [5, 5.41) is 13.1. The highest BCUT2D eigenvalue weighted by Crippen LogP contribution is 2.29. The van der Waals surface area contributed by atoms with E-state index in [-0.39, 0.29) is 12.0 Å². The molecule has 1 fully saturated rings. The van der Waals surface area contributed by atoms with Crippen molar-refractivity contribution in [3.8, 4) is 0 Å². The van der Waals surface area contributed by atoms with Crippen LogP contribution in [0, 0.1) is 11.3 Å². The van der Waals surface area contributed by atoms with Gasteiger partial charge >= 0.3 is 0 Å². The number of nitrogens with one attached hydrogen (secondary N) is 1. The Morgan fingerprint density at radius 1 is 1.29 bits per heavy atom. The molecule has 0 aromatic carbocycles. The van der Waals surface area contributed by atoms with Crippen molar-refractivity contribution in [1.29, 1.82) is 0 Å². The molecule has 1 heterocycles. The van der Waals surface area contributed by atoms with E-state index in [1.165, 1.54) is 19.3 Å². The number of allylic oxidation sites excluding steroid dienone is 2. The lowest BCUT2D eigenvalue weighted by Gasteiger charge is -2.36. The maximum atomic E-state index is 9.57. The van der Waals surface area contributed by atoms with Crippen LogP contribution in [0.2, 0.25) is 0 Å². The molecule has 2 N–H and O–H groups in total. The molecule has 0 radical (unpaired) electrons. The molecule has 0 aromatic heterocycles. The second-order valence-corrected chi connectivity index (χ2v) is 5.55. The van der Waals surface area contributed by atoms with Crippen LogP contribution < -0.4 is 5.32 Å². The van der Waals surface area contributed by atoms with E-state index in [9.17, 15) is 5.11 Å². The van der Waals surface area contributed by atoms with Gasteiger partial charge in [0, 0.05) is 25.2 Å². The Morgan fingerprint density at radius 3 is 2.76 bits per heavy atom. The third-order valence-corrected chi connectivity index (χ3v) is 4.20. The van der Waals surface area contributed by atoms with E-state index in [1.807, 2.05) is 0 Å². The fourth-order valence-electron chi connectivity index (χ4n) is 2.78. The molecule has 0 aromatic rings. The average molecular weight is 239 g/mol. The summed E-state index contributed by atoms with van der Waals surface area (Å²) < 4.78 is 5.37. The predicted molar refractivity (Wildman–Crippen MR) is 68.9 cm³/mol. The van der Waals surface area contributed by atoms with Crippen LogP contribution in [0.25, 0.3) is 0 Å². The van der Waals surface area contributed by atoms with E-state index in [0.717, 1.165) is 45.1 Å². The van der Waals surface area contributed by atoms with Crippen LogP contribution in [0.1, 0.15) is 32.1 Å². The van der Waals surface area contributed by atoms with Gasteiger partial charge < -0.3 is 15.2 Å². The number of aliphatic hydroxyl groups is 1. The average Bonchev–Trinajstić information content (AvgIpc) is 2.41. The van der Waals surface area contributed by atoms with Gasteiger partial charge in [0.05, 0.1) is 6.61 Å². The van der Waals surface area contributed by atoms with Gasteiger partial charge in [-0.1, -0.05) is 12.2 Å². The molecule has 0 bridgehead atoms. The van der Waals surface area contributed by atoms with E-state index in [1.54, 1.807) is 0 Å². The Balaban J connectivity index is 1.70. The molecule has 0 spiro atoms. The summed E-state index contributed by atoms with van der Waals surface area (Å²) in [5.41, 5.74) is 0.0722. The van der Waals surface area contributed by atoms with Crippen molar-refractivity contribution >= 4 is 0 Å². The SMILES string of the molecule is OCC1(CNCC2CC=CCC2)CCOCC1. The molecule has 1 unspecified atom stereocenters. The molecule has 3 heteroatoms. The summed E-state index contributed by atoms with van der Waals surface area (Å²) >= 11 is 0. The topological polar surface area (TPSA) is 41.5 Å². The van der Waals surface area contributed by atoms with Crippen molar-refractivity contribution in [3.63, 3.8) is 0 Å². The first-order valence-corrected chi connectivity index (χ1v) is 6.89. The third kappa shape index (κ3) is 3.80. The molecule has 17 heavy (non-hydrogen) atoms. The molecule has 3 nitrogen and oxygen atoms in total. The first-order chi connectivity index (χ1) is 8.35. The highest BCUT2D eigenvalue weighted by Gasteiger charge is 2.31. The Morgan fingerprint density at radius 2 is 2.12 bits per heavy atom. The molecule has 0 amide bonds. The van der Waals surface area contributed by atoms with Gasteiger partial charge in [0.1, 0.15) is 0 Å². The summed E-state index contributed by atoms with van der Waals surface area (Å²) in [6.07, 6.45) is 10.3. The van der Waals surface area contributed by atoms with Gasteiger partial charge in [0.15, 0.2) is 0 Å². The van der Waals surface area contributed by atoms with E-state index >= 15 is 0 Å². The molecule has 2 aliphatic rings. The van der Waals surface area contributed by atoms with Gasteiger partial charge in [-0.05, 0) is 44.6 Å². The molecule has 2 rings (SSSR count). The standard InChI is InChI=1S/C14H25NO2/c16-12-14(6-8-17-9-7-14)11-15-10-13-4-2-1-3-5-13/h1-2,13,15-16H,3-12H2.